The van der Waals surface area contributed by atoms with Crippen molar-refractivity contribution in [3.05, 3.63) is 0 Å². The van der Waals surface area contributed by atoms with Gasteiger partial charge in [0.25, 0.3) is 0 Å². The van der Waals surface area contributed by atoms with Crippen LogP contribution in [0.5, 0.6) is 0 Å². The second-order valence-electron chi connectivity index (χ2n) is 18.2. The maximum atomic E-state index is 13.0. The Morgan fingerprint density at radius 1 is 0.361 bits per heavy atom. The number of amides is 2. The molecular formula is C40H68N2O30. The van der Waals surface area contributed by atoms with Crippen molar-refractivity contribution in [1.82, 2.24) is 10.6 Å². The highest BCUT2D eigenvalue weighted by atomic mass is 16.8. The van der Waals surface area contributed by atoms with Gasteiger partial charge in [-0.05, 0) is 6.92 Å². The van der Waals surface area contributed by atoms with Crippen LogP contribution in [0.25, 0.3) is 0 Å². The third kappa shape index (κ3) is 12.5. The van der Waals surface area contributed by atoms with Gasteiger partial charge in [-0.1, -0.05) is 0 Å². The zero-order valence-corrected chi connectivity index (χ0v) is 38.8. The third-order valence-electron chi connectivity index (χ3n) is 13.2. The molecule has 6 rings (SSSR count). The van der Waals surface area contributed by atoms with Gasteiger partial charge in [-0.3, -0.25) is 9.59 Å². The summed E-state index contributed by atoms with van der Waals surface area (Å²) in [6.45, 7) is -1.67. The molecule has 30 atom stereocenters. The van der Waals surface area contributed by atoms with E-state index in [9.17, 15) is 96.4 Å². The van der Waals surface area contributed by atoms with Gasteiger partial charge < -0.3 is 150 Å². The zero-order chi connectivity index (χ0) is 53.2. The number of rotatable bonds is 17. The van der Waals surface area contributed by atoms with Crippen molar-refractivity contribution in [2.75, 3.05) is 33.0 Å². The average molecular weight is 1060 g/mol. The minimum Gasteiger partial charge on any atom is -0.394 e. The van der Waals surface area contributed by atoms with Crippen LogP contribution in [-0.2, 0) is 61.7 Å². The van der Waals surface area contributed by atoms with Crippen molar-refractivity contribution in [2.24, 2.45) is 0 Å². The van der Waals surface area contributed by atoms with Crippen LogP contribution in [0.1, 0.15) is 20.8 Å². The monoisotopic (exact) mass is 1060 g/mol. The second kappa shape index (κ2) is 25.3. The Morgan fingerprint density at radius 3 is 1.33 bits per heavy atom. The first-order chi connectivity index (χ1) is 34.0. The van der Waals surface area contributed by atoms with Gasteiger partial charge >= 0.3 is 0 Å². The highest BCUT2D eigenvalue weighted by molar-refractivity contribution is 5.73. The summed E-state index contributed by atoms with van der Waals surface area (Å²) in [6, 6.07) is -3.54. The van der Waals surface area contributed by atoms with E-state index in [1.54, 1.807) is 0 Å². The highest BCUT2D eigenvalue weighted by Gasteiger charge is 2.59. The van der Waals surface area contributed by atoms with Crippen LogP contribution in [0.15, 0.2) is 0 Å². The first-order valence-electron chi connectivity index (χ1n) is 23.0. The summed E-state index contributed by atoms with van der Waals surface area (Å²) in [4.78, 5) is 25.3. The molecule has 6 heterocycles. The predicted molar refractivity (Wildman–Crippen MR) is 221 cm³/mol. The molecule has 0 radical (unpaired) electrons. The Hall–Kier alpha value is -2.18. The predicted octanol–water partition coefficient (Wildman–Crippen LogP) is -12.8. The quantitative estimate of drug-likeness (QED) is 0.0643. The Balaban J connectivity index is 1.37. The molecule has 0 aromatic carbocycles. The number of ether oxygens (including phenoxy) is 11. The van der Waals surface area contributed by atoms with Gasteiger partial charge in [0.1, 0.15) is 140 Å². The lowest BCUT2D eigenvalue weighted by Crippen LogP contribution is -2.71. The van der Waals surface area contributed by atoms with E-state index in [0.29, 0.717) is 0 Å². The minimum absolute atomic E-state index is 0.794. The van der Waals surface area contributed by atoms with Crippen LogP contribution in [0.2, 0.25) is 0 Å². The lowest BCUT2D eigenvalue weighted by molar-refractivity contribution is -0.401. The molecule has 1 unspecified atom stereocenters. The number of carbonyl (C=O) groups excluding carboxylic acids is 2. The first kappa shape index (κ1) is 59.1. The molecule has 2 amide bonds. The summed E-state index contributed by atoms with van der Waals surface area (Å²) in [5.74, 6) is -1.69. The molecule has 6 aliphatic rings. The fourth-order valence-electron chi connectivity index (χ4n) is 9.23. The molecule has 418 valence electrons. The number of aliphatic hydroxyl groups is 17. The molecule has 0 saturated carbocycles. The molecule has 0 aromatic rings. The molecule has 6 aliphatic heterocycles. The number of hydrogen-bond acceptors (Lipinski definition) is 30. The van der Waals surface area contributed by atoms with E-state index >= 15 is 0 Å². The van der Waals surface area contributed by atoms with Crippen molar-refractivity contribution in [2.45, 2.75) is 205 Å². The topological polar surface area (TPSA) is 504 Å². The van der Waals surface area contributed by atoms with Gasteiger partial charge in [0.05, 0.1) is 39.1 Å². The SMILES string of the molecule is CC(=O)N[C@H]1[C@@H](O[C@H]2[C@@H](O)[C@@H](CO)O[C@@H](O[C@H]3[C@H](O)[C@@H](CO)O[C@@H](O[C@H]4[C@@H](O)[C@@H](CO)O[C@@H](O[C@H]5[C@H](O)[C@@H](O)C(O)O[C@@H]5CO)[C@@H]4O)[C@@H]3NC(C)=O)[C@@H]2O[C@H]2O[C@H](C)[C@H](O)[C@H](O)[C@H]2O)O[C@H](CO)[C@H](O)[C@@H]1O. The lowest BCUT2D eigenvalue weighted by atomic mass is 9.93. The normalized spacial score (nSPS) is 50.3. The Bertz CT molecular complexity index is 1730. The van der Waals surface area contributed by atoms with Gasteiger partial charge in [0.15, 0.2) is 37.7 Å². The summed E-state index contributed by atoms with van der Waals surface area (Å²) in [5, 5.41) is 187. The van der Waals surface area contributed by atoms with Crippen molar-refractivity contribution in [3.63, 3.8) is 0 Å². The van der Waals surface area contributed by atoms with Crippen molar-refractivity contribution in [1.29, 1.82) is 0 Å². The maximum absolute atomic E-state index is 13.0. The second-order valence-corrected chi connectivity index (χ2v) is 18.2. The van der Waals surface area contributed by atoms with Crippen molar-refractivity contribution >= 4 is 11.8 Å². The first-order valence-corrected chi connectivity index (χ1v) is 23.0. The van der Waals surface area contributed by atoms with E-state index in [0.717, 1.165) is 13.8 Å². The molecular weight excluding hydrogens is 988 g/mol. The summed E-state index contributed by atoms with van der Waals surface area (Å²) in [5.41, 5.74) is 0. The molecule has 72 heavy (non-hydrogen) atoms. The van der Waals surface area contributed by atoms with Gasteiger partial charge in [-0.25, -0.2) is 0 Å². The summed E-state index contributed by atoms with van der Waals surface area (Å²) >= 11 is 0. The van der Waals surface area contributed by atoms with E-state index in [1.165, 1.54) is 6.92 Å². The highest BCUT2D eigenvalue weighted by Crippen LogP contribution is 2.38. The lowest BCUT2D eigenvalue weighted by Gasteiger charge is -2.52. The molecule has 32 heteroatoms. The minimum atomic E-state index is -2.19. The van der Waals surface area contributed by atoms with E-state index < -0.39 is 229 Å². The number of aliphatic hydroxyl groups excluding tert-OH is 17. The van der Waals surface area contributed by atoms with Gasteiger partial charge in [-0.2, -0.15) is 0 Å². The Labute approximate surface area is 408 Å². The fraction of sp³-hybridized carbons (Fsp3) is 0.950. The molecule has 0 aliphatic carbocycles. The van der Waals surface area contributed by atoms with Crippen molar-refractivity contribution < 1.29 is 149 Å². The van der Waals surface area contributed by atoms with Crippen LogP contribution in [0, 0.1) is 0 Å². The number of nitrogens with one attached hydrogen (secondary N) is 2. The van der Waals surface area contributed by atoms with E-state index in [-0.39, 0.29) is 0 Å². The fourth-order valence-corrected chi connectivity index (χ4v) is 9.23. The summed E-state index contributed by atoms with van der Waals surface area (Å²) < 4.78 is 64.1. The van der Waals surface area contributed by atoms with Crippen LogP contribution in [0.4, 0.5) is 0 Å². The summed E-state index contributed by atoms with van der Waals surface area (Å²) in [7, 11) is 0. The molecule has 0 aromatic heterocycles. The van der Waals surface area contributed by atoms with Crippen LogP contribution in [-0.4, -0.2) is 316 Å². The molecule has 6 saturated heterocycles. The number of hydrogen-bond donors (Lipinski definition) is 19. The van der Waals surface area contributed by atoms with Crippen molar-refractivity contribution in [3.8, 4) is 0 Å². The molecule has 19 N–H and O–H groups in total. The van der Waals surface area contributed by atoms with Crippen LogP contribution >= 0.6 is 0 Å². The van der Waals surface area contributed by atoms with Crippen LogP contribution < -0.4 is 10.6 Å². The third-order valence-corrected chi connectivity index (χ3v) is 13.2. The average Bonchev–Trinajstić information content (AvgIpc) is 3.34. The molecule has 6 fully saturated rings. The number of carbonyl (C=O) groups is 2. The van der Waals surface area contributed by atoms with Gasteiger partial charge in [0, 0.05) is 13.8 Å². The van der Waals surface area contributed by atoms with E-state index in [2.05, 4.69) is 10.6 Å². The van der Waals surface area contributed by atoms with Gasteiger partial charge in [-0.15, -0.1) is 0 Å². The largest absolute Gasteiger partial charge is 0.394 e. The van der Waals surface area contributed by atoms with E-state index in [1.807, 2.05) is 0 Å². The van der Waals surface area contributed by atoms with E-state index in [4.69, 9.17) is 52.1 Å². The molecule has 0 spiro atoms. The van der Waals surface area contributed by atoms with Gasteiger partial charge in [0.2, 0.25) is 11.8 Å². The Kier molecular flexibility index (Phi) is 20.8. The standard InChI is InChI=1S/C40H68N2O30/c1-9-19(50)25(56)28(59)38(62-9)72-34-33(71-36-17(41-10(2)48)24(55)20(51)12(4-43)64-36)23(54)15(7-46)67-40(34)69-31-18(42-11(3)49)37(65-13(5-44)21(31)52)70-32-22(53)14(6-45)66-39(29(32)60)68-30-16(8-47)63-35(61)27(58)26(30)57/h9,12-40,43-47,50-61H,4-8H2,1-3H3,(H,41,48)(H,42,49)/t9-,12-,13-,14-,15-,16-,17-,18-,19+,20+,21-,22+,23+,24-,25+,26-,27-,28-,29-,30-,31-,32+,33+,34-,35?,36-,37+,38-,39+,40+/m1/s1. The maximum Gasteiger partial charge on any atom is 0.217 e. The molecule has 0 bridgehead atoms. The Morgan fingerprint density at radius 2 is 0.778 bits per heavy atom. The summed E-state index contributed by atoms with van der Waals surface area (Å²) in [6.07, 6.45) is -53.5. The zero-order valence-electron chi connectivity index (χ0n) is 38.8. The van der Waals surface area contributed by atoms with Crippen LogP contribution in [0.3, 0.4) is 0 Å². The smallest absolute Gasteiger partial charge is 0.217 e. The molecule has 32 nitrogen and oxygen atoms in total.